The summed E-state index contributed by atoms with van der Waals surface area (Å²) < 4.78 is 16.7. The van der Waals surface area contributed by atoms with Gasteiger partial charge in [0.05, 0.1) is 0 Å². The summed E-state index contributed by atoms with van der Waals surface area (Å²) in [5.41, 5.74) is 2.73. The molecule has 0 amide bonds. The van der Waals surface area contributed by atoms with E-state index < -0.39 is 13.8 Å². The zero-order chi connectivity index (χ0) is 18.0. The summed E-state index contributed by atoms with van der Waals surface area (Å²) in [4.78, 5) is 17.7. The van der Waals surface area contributed by atoms with E-state index in [0.29, 0.717) is 22.5 Å². The van der Waals surface area contributed by atoms with E-state index in [0.717, 1.165) is 25.5 Å². The molecule has 128 valence electrons. The molecule has 0 radical (unpaired) electrons. The molecule has 0 N–H and O–H groups in total. The van der Waals surface area contributed by atoms with Crippen molar-refractivity contribution in [3.05, 3.63) is 70.5 Å². The first-order chi connectivity index (χ1) is 12.6. The van der Waals surface area contributed by atoms with Crippen molar-refractivity contribution in [1.29, 1.82) is 0 Å². The van der Waals surface area contributed by atoms with Crippen molar-refractivity contribution in [2.45, 2.75) is 19.8 Å². The van der Waals surface area contributed by atoms with Crippen molar-refractivity contribution in [3.8, 4) is 5.82 Å². The van der Waals surface area contributed by atoms with Crippen LogP contribution in [-0.4, -0.2) is 23.4 Å². The van der Waals surface area contributed by atoms with E-state index in [-0.39, 0.29) is 5.43 Å². The Balaban J connectivity index is 2.11. The number of hydrogen-bond donors (Lipinski definition) is 0. The van der Waals surface area contributed by atoms with Crippen LogP contribution in [0.3, 0.4) is 0 Å². The van der Waals surface area contributed by atoms with Crippen molar-refractivity contribution in [3.63, 3.8) is 0 Å². The van der Waals surface area contributed by atoms with Crippen LogP contribution in [0.1, 0.15) is 25.3 Å². The fourth-order valence-corrected chi connectivity index (χ4v) is 6.46. The number of aromatic nitrogens is 2. The van der Waals surface area contributed by atoms with Gasteiger partial charge in [0, 0.05) is 0 Å². The molecule has 1 unspecified atom stereocenters. The van der Waals surface area contributed by atoms with Crippen LogP contribution in [0.2, 0.25) is 0 Å². The summed E-state index contributed by atoms with van der Waals surface area (Å²) in [6.07, 6.45) is 1.72. The van der Waals surface area contributed by atoms with E-state index >= 15 is 0 Å². The SMILES string of the molecule is CC(C)c1ccc2c(=O)c3cccc4c3n(c2c1)-c1ncccc1[Se]4=O. The molecule has 3 heterocycles. The Morgan fingerprint density at radius 3 is 2.62 bits per heavy atom. The Morgan fingerprint density at radius 2 is 1.81 bits per heavy atom. The summed E-state index contributed by atoms with van der Waals surface area (Å²) in [6.45, 7) is 4.27. The van der Waals surface area contributed by atoms with Gasteiger partial charge < -0.3 is 0 Å². The molecule has 4 nitrogen and oxygen atoms in total. The fourth-order valence-electron chi connectivity index (χ4n) is 3.67. The van der Waals surface area contributed by atoms with Crippen LogP contribution in [0.4, 0.5) is 0 Å². The minimum absolute atomic E-state index is 0.0124. The zero-order valence-electron chi connectivity index (χ0n) is 14.4. The zero-order valence-corrected chi connectivity index (χ0v) is 16.1. The first kappa shape index (κ1) is 15.6. The fraction of sp³-hybridized carbons (Fsp3) is 0.143. The van der Waals surface area contributed by atoms with Gasteiger partial charge in [0.15, 0.2) is 0 Å². The van der Waals surface area contributed by atoms with Gasteiger partial charge in [-0.05, 0) is 0 Å². The van der Waals surface area contributed by atoms with Crippen molar-refractivity contribution < 1.29 is 3.83 Å². The second-order valence-electron chi connectivity index (χ2n) is 6.84. The van der Waals surface area contributed by atoms with Crippen molar-refractivity contribution in [1.82, 2.24) is 9.55 Å². The van der Waals surface area contributed by atoms with Gasteiger partial charge in [-0.2, -0.15) is 0 Å². The summed E-state index contributed by atoms with van der Waals surface area (Å²) in [7, 11) is 0. The second kappa shape index (κ2) is 5.44. The molecule has 0 saturated heterocycles. The molecule has 2 aromatic heterocycles. The summed E-state index contributed by atoms with van der Waals surface area (Å²) in [5, 5.41) is 1.27. The summed E-state index contributed by atoms with van der Waals surface area (Å²) in [5.74, 6) is 1.03. The van der Waals surface area contributed by atoms with Gasteiger partial charge >= 0.3 is 154 Å². The number of para-hydroxylation sites is 1. The predicted molar refractivity (Wildman–Crippen MR) is 105 cm³/mol. The van der Waals surface area contributed by atoms with Crippen LogP contribution >= 0.6 is 0 Å². The Labute approximate surface area is 154 Å². The number of hydrogen-bond acceptors (Lipinski definition) is 3. The van der Waals surface area contributed by atoms with Gasteiger partial charge in [0.1, 0.15) is 0 Å². The maximum atomic E-state index is 13.2. The third-order valence-electron chi connectivity index (χ3n) is 5.00. The number of nitrogens with zero attached hydrogens (tertiary/aromatic N) is 2. The molecule has 5 rings (SSSR count). The third kappa shape index (κ3) is 1.96. The normalized spacial score (nSPS) is 15.6. The standard InChI is InChI=1S/C21H16N2O2Se/c1-12(2)13-8-9-14-16(11-13)23-19-15(20(14)24)5-3-6-17(19)26(25)18-7-4-10-22-21(18)23/h3-12H,1-2H3. The van der Waals surface area contributed by atoms with Crippen molar-refractivity contribution in [2.75, 3.05) is 0 Å². The van der Waals surface area contributed by atoms with Gasteiger partial charge in [0.2, 0.25) is 0 Å². The molecule has 1 aliphatic heterocycles. The summed E-state index contributed by atoms with van der Waals surface area (Å²) >= 11 is -2.46. The summed E-state index contributed by atoms with van der Waals surface area (Å²) in [6, 6.07) is 15.2. The Hall–Kier alpha value is -2.62. The molecule has 0 spiro atoms. The van der Waals surface area contributed by atoms with Crippen LogP contribution in [0, 0.1) is 0 Å². The molecule has 0 saturated carbocycles. The molecule has 2 aromatic carbocycles. The number of benzene rings is 2. The Bertz CT molecular complexity index is 1300. The van der Waals surface area contributed by atoms with E-state index in [9.17, 15) is 8.63 Å². The molecule has 0 aliphatic carbocycles. The van der Waals surface area contributed by atoms with Crippen molar-refractivity contribution >= 4 is 44.6 Å². The maximum absolute atomic E-state index is 13.2. The third-order valence-corrected chi connectivity index (χ3v) is 8.04. The predicted octanol–water partition coefficient (Wildman–Crippen LogP) is 2.51. The van der Waals surface area contributed by atoms with E-state index in [1.807, 2.05) is 47.0 Å². The van der Waals surface area contributed by atoms with Crippen molar-refractivity contribution in [2.24, 2.45) is 0 Å². The molecule has 1 aliphatic rings. The first-order valence-electron chi connectivity index (χ1n) is 8.56. The molecule has 26 heavy (non-hydrogen) atoms. The van der Waals surface area contributed by atoms with Gasteiger partial charge in [-0.3, -0.25) is 0 Å². The number of fused-ring (bicyclic) bond motifs is 4. The Morgan fingerprint density at radius 1 is 1.00 bits per heavy atom. The molecule has 0 fully saturated rings. The molecular weight excluding hydrogens is 391 g/mol. The molecular formula is C21H16N2O2Se. The van der Waals surface area contributed by atoms with Gasteiger partial charge in [0.25, 0.3) is 0 Å². The molecule has 5 heteroatoms. The van der Waals surface area contributed by atoms with Crippen LogP contribution in [-0.2, 0) is 3.83 Å². The Kier molecular flexibility index (Phi) is 3.27. The minimum atomic E-state index is -2.46. The van der Waals surface area contributed by atoms with E-state index in [4.69, 9.17) is 0 Å². The van der Waals surface area contributed by atoms with E-state index in [1.54, 1.807) is 6.20 Å². The van der Waals surface area contributed by atoms with Gasteiger partial charge in [-0.15, -0.1) is 0 Å². The van der Waals surface area contributed by atoms with Gasteiger partial charge in [-0.25, -0.2) is 0 Å². The van der Waals surface area contributed by atoms with Gasteiger partial charge in [-0.1, -0.05) is 0 Å². The quantitative estimate of drug-likeness (QED) is 0.317. The van der Waals surface area contributed by atoms with Crippen LogP contribution in [0.25, 0.3) is 27.6 Å². The van der Waals surface area contributed by atoms with Crippen LogP contribution in [0.5, 0.6) is 0 Å². The van der Waals surface area contributed by atoms with E-state index in [2.05, 4.69) is 24.9 Å². The molecule has 1 atom stereocenters. The van der Waals surface area contributed by atoms with E-state index in [1.165, 1.54) is 0 Å². The average Bonchev–Trinajstić information content (AvgIpc) is 2.67. The molecule has 4 aromatic rings. The molecule has 0 bridgehead atoms. The first-order valence-corrected chi connectivity index (χ1v) is 11.0. The topological polar surface area (TPSA) is 52.0 Å². The number of pyridine rings is 2. The van der Waals surface area contributed by atoms with Crippen LogP contribution in [0.15, 0.2) is 59.5 Å². The average molecular weight is 407 g/mol. The second-order valence-corrected chi connectivity index (χ2v) is 9.82. The van der Waals surface area contributed by atoms with Crippen LogP contribution < -0.4 is 14.4 Å². The number of rotatable bonds is 1. The monoisotopic (exact) mass is 408 g/mol.